The Morgan fingerprint density at radius 1 is 1.15 bits per heavy atom. The van der Waals surface area contributed by atoms with E-state index in [9.17, 15) is 9.90 Å². The first-order valence-corrected chi connectivity index (χ1v) is 8.85. The van der Waals surface area contributed by atoms with Crippen molar-refractivity contribution in [3.05, 3.63) is 65.7 Å². The van der Waals surface area contributed by atoms with Gasteiger partial charge in [0.1, 0.15) is 5.75 Å². The van der Waals surface area contributed by atoms with Crippen LogP contribution >= 0.6 is 0 Å². The lowest BCUT2D eigenvalue weighted by atomic mass is 10.0. The van der Waals surface area contributed by atoms with Crippen LogP contribution in [0.5, 0.6) is 5.75 Å². The summed E-state index contributed by atoms with van der Waals surface area (Å²) in [4.78, 5) is 13.4. The van der Waals surface area contributed by atoms with Crippen molar-refractivity contribution in [3.63, 3.8) is 0 Å². The molecule has 1 amide bonds. The summed E-state index contributed by atoms with van der Waals surface area (Å²) in [5.41, 5.74) is 2.12. The van der Waals surface area contributed by atoms with E-state index < -0.39 is 6.10 Å². The Bertz CT molecular complexity index is 673. The molecule has 26 heavy (non-hydrogen) atoms. The molecule has 2 atom stereocenters. The number of nitrogens with one attached hydrogen (secondary N) is 1. The predicted octanol–water partition coefficient (Wildman–Crippen LogP) is 2.41. The maximum absolute atomic E-state index is 11.2. The topological polar surface area (TPSA) is 61.8 Å². The SMILES string of the molecule is CNC(=O)COc1ccc(CC(C)N(C)CC(O)c2ccccc2)cc1. The zero-order valence-electron chi connectivity index (χ0n) is 15.7. The van der Waals surface area contributed by atoms with Crippen LogP contribution < -0.4 is 10.1 Å². The molecule has 0 spiro atoms. The van der Waals surface area contributed by atoms with Gasteiger partial charge in [0.25, 0.3) is 5.91 Å². The van der Waals surface area contributed by atoms with Crippen molar-refractivity contribution in [1.29, 1.82) is 0 Å². The van der Waals surface area contributed by atoms with Crippen LogP contribution in [0.3, 0.4) is 0 Å². The molecule has 0 saturated heterocycles. The number of aliphatic hydroxyl groups excluding tert-OH is 1. The normalized spacial score (nSPS) is 13.3. The van der Waals surface area contributed by atoms with Crippen LogP contribution in [0.1, 0.15) is 24.2 Å². The minimum Gasteiger partial charge on any atom is -0.484 e. The first-order chi connectivity index (χ1) is 12.5. The van der Waals surface area contributed by atoms with E-state index in [4.69, 9.17) is 4.74 Å². The molecule has 5 nitrogen and oxygen atoms in total. The average Bonchev–Trinajstić information content (AvgIpc) is 2.67. The van der Waals surface area contributed by atoms with E-state index in [1.807, 2.05) is 61.6 Å². The number of benzene rings is 2. The third-order valence-corrected chi connectivity index (χ3v) is 4.50. The quantitative estimate of drug-likeness (QED) is 0.724. The number of hydrogen-bond acceptors (Lipinski definition) is 4. The molecule has 0 bridgehead atoms. The molecule has 0 radical (unpaired) electrons. The number of likely N-dealkylation sites (N-methyl/N-ethyl adjacent to an activating group) is 2. The minimum absolute atomic E-state index is 0.0202. The zero-order valence-corrected chi connectivity index (χ0v) is 15.7. The van der Waals surface area contributed by atoms with E-state index in [0.717, 1.165) is 12.0 Å². The highest BCUT2D eigenvalue weighted by atomic mass is 16.5. The van der Waals surface area contributed by atoms with Gasteiger partial charge in [0.05, 0.1) is 6.10 Å². The fourth-order valence-electron chi connectivity index (χ4n) is 2.67. The fraction of sp³-hybridized carbons (Fsp3) is 0.381. The van der Waals surface area contributed by atoms with Crippen molar-refractivity contribution in [2.45, 2.75) is 25.5 Å². The summed E-state index contributed by atoms with van der Waals surface area (Å²) < 4.78 is 5.41. The van der Waals surface area contributed by atoms with Gasteiger partial charge in [0, 0.05) is 19.6 Å². The summed E-state index contributed by atoms with van der Waals surface area (Å²) in [5.74, 6) is 0.527. The molecule has 2 aromatic rings. The van der Waals surface area contributed by atoms with Gasteiger partial charge in [-0.15, -0.1) is 0 Å². The number of ether oxygens (including phenoxy) is 1. The molecule has 0 aliphatic carbocycles. The Balaban J connectivity index is 1.84. The first-order valence-electron chi connectivity index (χ1n) is 8.85. The van der Waals surface area contributed by atoms with Crippen molar-refractivity contribution in [3.8, 4) is 5.75 Å². The number of carbonyl (C=O) groups is 1. The molecule has 0 aliphatic rings. The Labute approximate surface area is 155 Å². The molecular weight excluding hydrogens is 328 g/mol. The van der Waals surface area contributed by atoms with Crippen molar-refractivity contribution >= 4 is 5.91 Å². The van der Waals surface area contributed by atoms with E-state index in [-0.39, 0.29) is 18.6 Å². The van der Waals surface area contributed by atoms with Gasteiger partial charge in [-0.2, -0.15) is 0 Å². The Hall–Kier alpha value is -2.37. The Morgan fingerprint density at radius 3 is 2.42 bits per heavy atom. The third kappa shape index (κ3) is 6.17. The molecular formula is C21H28N2O3. The molecule has 0 fully saturated rings. The molecule has 5 heteroatoms. The van der Waals surface area contributed by atoms with Crippen molar-refractivity contribution < 1.29 is 14.6 Å². The average molecular weight is 356 g/mol. The molecule has 0 heterocycles. The molecule has 0 saturated carbocycles. The number of hydrogen-bond donors (Lipinski definition) is 2. The van der Waals surface area contributed by atoms with Crippen molar-refractivity contribution in [1.82, 2.24) is 10.2 Å². The summed E-state index contributed by atoms with van der Waals surface area (Å²) in [6, 6.07) is 17.8. The number of amides is 1. The van der Waals surface area contributed by atoms with Crippen molar-refractivity contribution in [2.24, 2.45) is 0 Å². The number of carbonyl (C=O) groups excluding carboxylic acids is 1. The van der Waals surface area contributed by atoms with Crippen LogP contribution in [0.15, 0.2) is 54.6 Å². The lowest BCUT2D eigenvalue weighted by Gasteiger charge is -2.27. The highest BCUT2D eigenvalue weighted by Crippen LogP contribution is 2.17. The Morgan fingerprint density at radius 2 is 1.81 bits per heavy atom. The first kappa shape index (κ1) is 19.9. The van der Waals surface area contributed by atoms with E-state index in [2.05, 4.69) is 17.1 Å². The number of nitrogens with zero attached hydrogens (tertiary/aromatic N) is 1. The second kappa shape index (κ2) is 9.94. The summed E-state index contributed by atoms with van der Waals surface area (Å²) in [7, 11) is 3.61. The standard InChI is InChI=1S/C21H28N2O3/c1-16(23(3)14-20(24)18-7-5-4-6-8-18)13-17-9-11-19(12-10-17)26-15-21(25)22-2/h4-12,16,20,24H,13-15H2,1-3H3,(H,22,25). The Kier molecular flexibility index (Phi) is 7.63. The van der Waals surface area contributed by atoms with Crippen LogP contribution in [0.2, 0.25) is 0 Å². The largest absolute Gasteiger partial charge is 0.484 e. The van der Waals surface area contributed by atoms with Gasteiger partial charge in [0.2, 0.25) is 0 Å². The monoisotopic (exact) mass is 356 g/mol. The van der Waals surface area contributed by atoms with E-state index in [1.165, 1.54) is 5.56 Å². The van der Waals surface area contributed by atoms with Crippen LogP contribution in [-0.2, 0) is 11.2 Å². The minimum atomic E-state index is -0.496. The lowest BCUT2D eigenvalue weighted by Crippen LogP contribution is -2.34. The second-order valence-electron chi connectivity index (χ2n) is 6.53. The highest BCUT2D eigenvalue weighted by molar-refractivity contribution is 5.77. The highest BCUT2D eigenvalue weighted by Gasteiger charge is 2.15. The number of rotatable bonds is 9. The van der Waals surface area contributed by atoms with E-state index in [0.29, 0.717) is 12.3 Å². The number of aliphatic hydroxyl groups is 1. The predicted molar refractivity (Wildman–Crippen MR) is 103 cm³/mol. The summed E-state index contributed by atoms with van der Waals surface area (Å²) >= 11 is 0. The summed E-state index contributed by atoms with van der Waals surface area (Å²) in [5, 5.41) is 12.9. The summed E-state index contributed by atoms with van der Waals surface area (Å²) in [6.45, 7) is 2.75. The van der Waals surface area contributed by atoms with Gasteiger partial charge in [-0.05, 0) is 43.7 Å². The van der Waals surface area contributed by atoms with E-state index >= 15 is 0 Å². The molecule has 2 rings (SSSR count). The van der Waals surface area contributed by atoms with Gasteiger partial charge in [0.15, 0.2) is 6.61 Å². The molecule has 140 valence electrons. The van der Waals surface area contributed by atoms with Crippen LogP contribution in [0.25, 0.3) is 0 Å². The molecule has 0 aromatic heterocycles. The van der Waals surface area contributed by atoms with Gasteiger partial charge >= 0.3 is 0 Å². The van der Waals surface area contributed by atoms with Gasteiger partial charge in [-0.1, -0.05) is 42.5 Å². The second-order valence-corrected chi connectivity index (χ2v) is 6.53. The zero-order chi connectivity index (χ0) is 18.9. The maximum Gasteiger partial charge on any atom is 0.257 e. The maximum atomic E-state index is 11.2. The van der Waals surface area contributed by atoms with Crippen LogP contribution in [0, 0.1) is 0 Å². The van der Waals surface area contributed by atoms with Gasteiger partial charge in [-0.3, -0.25) is 4.79 Å². The molecule has 2 N–H and O–H groups in total. The third-order valence-electron chi connectivity index (χ3n) is 4.50. The molecule has 2 unspecified atom stereocenters. The fourth-order valence-corrected chi connectivity index (χ4v) is 2.67. The van der Waals surface area contributed by atoms with Crippen LogP contribution in [0.4, 0.5) is 0 Å². The molecule has 2 aromatic carbocycles. The van der Waals surface area contributed by atoms with Crippen LogP contribution in [-0.4, -0.2) is 49.2 Å². The van der Waals surface area contributed by atoms with Crippen molar-refractivity contribution in [2.75, 3.05) is 27.2 Å². The van der Waals surface area contributed by atoms with E-state index in [1.54, 1.807) is 7.05 Å². The molecule has 0 aliphatic heterocycles. The summed E-state index contributed by atoms with van der Waals surface area (Å²) in [6.07, 6.45) is 0.373. The van der Waals surface area contributed by atoms with Gasteiger partial charge < -0.3 is 20.1 Å². The van der Waals surface area contributed by atoms with Gasteiger partial charge in [-0.25, -0.2) is 0 Å². The lowest BCUT2D eigenvalue weighted by molar-refractivity contribution is -0.122. The smallest absolute Gasteiger partial charge is 0.257 e.